The minimum Gasteiger partial charge on any atom is -0.358 e. The molecule has 3 atom stereocenters. The van der Waals surface area contributed by atoms with Crippen molar-refractivity contribution in [2.75, 3.05) is 46.8 Å². The van der Waals surface area contributed by atoms with Gasteiger partial charge >= 0.3 is 6.03 Å². The molecule has 34 heavy (non-hydrogen) atoms. The first-order chi connectivity index (χ1) is 16.3. The van der Waals surface area contributed by atoms with Crippen molar-refractivity contribution in [3.8, 4) is 0 Å². The van der Waals surface area contributed by atoms with Gasteiger partial charge in [-0.3, -0.25) is 14.6 Å². The van der Waals surface area contributed by atoms with Crippen molar-refractivity contribution < 1.29 is 9.59 Å². The number of benzene rings is 1. The number of amides is 3. The van der Waals surface area contributed by atoms with Crippen LogP contribution in [0.1, 0.15) is 42.5 Å². The molecule has 2 aromatic rings. The molecular formula is C27H39N5O2. The molecular weight excluding hydrogens is 426 g/mol. The van der Waals surface area contributed by atoms with Gasteiger partial charge in [0.05, 0.1) is 5.92 Å². The molecule has 0 unspecified atom stereocenters. The number of aryl methyl sites for hydroxylation is 1. The first kappa shape index (κ1) is 24.5. The van der Waals surface area contributed by atoms with Crippen LogP contribution < -0.4 is 5.32 Å². The fourth-order valence-corrected chi connectivity index (χ4v) is 5.94. The average molecular weight is 466 g/mol. The molecule has 1 aliphatic heterocycles. The van der Waals surface area contributed by atoms with Crippen LogP contribution in [-0.2, 0) is 11.2 Å². The van der Waals surface area contributed by atoms with Gasteiger partial charge in [0.25, 0.3) is 0 Å². The van der Waals surface area contributed by atoms with Crippen molar-refractivity contribution in [2.24, 2.45) is 5.92 Å². The van der Waals surface area contributed by atoms with Crippen molar-refractivity contribution in [1.29, 1.82) is 0 Å². The summed E-state index contributed by atoms with van der Waals surface area (Å²) < 4.78 is 0. The molecule has 1 aromatic carbocycles. The van der Waals surface area contributed by atoms with Crippen molar-refractivity contribution in [3.05, 3.63) is 47.7 Å². The average Bonchev–Trinajstić information content (AvgIpc) is 3.13. The lowest BCUT2D eigenvalue weighted by atomic mass is 9.71. The zero-order valence-electron chi connectivity index (χ0n) is 21.1. The standard InChI is InChI=1S/C27H39N5O2/c1-6-12-31-17-19(26(33)32(27(34)28-7-2)14-9-13-30(4)5)15-22-20-10-8-11-23-25(20)21(16-24(22)31)18(3)29-23/h6,8,10-11,19,22,24,29H,1,7,9,12-17H2,2-5H3,(H,28,34)/t19-,22-,24-/m1/s1. The number of H-pyrrole nitrogens is 1. The van der Waals surface area contributed by atoms with Gasteiger partial charge in [-0.05, 0) is 70.9 Å². The van der Waals surface area contributed by atoms with Crippen LogP contribution in [0.3, 0.4) is 0 Å². The number of imide groups is 1. The molecule has 1 fully saturated rings. The fourth-order valence-electron chi connectivity index (χ4n) is 5.94. The summed E-state index contributed by atoms with van der Waals surface area (Å²) >= 11 is 0. The van der Waals surface area contributed by atoms with Crippen LogP contribution in [0.4, 0.5) is 4.79 Å². The van der Waals surface area contributed by atoms with Gasteiger partial charge in [0.2, 0.25) is 5.91 Å². The second-order valence-corrected chi connectivity index (χ2v) is 10.0. The lowest BCUT2D eigenvalue weighted by Gasteiger charge is -2.47. The molecule has 3 amide bonds. The molecule has 0 radical (unpaired) electrons. The summed E-state index contributed by atoms with van der Waals surface area (Å²) in [5, 5.41) is 4.18. The number of carbonyl (C=O) groups is 2. The van der Waals surface area contributed by atoms with E-state index in [1.54, 1.807) is 0 Å². The Morgan fingerprint density at radius 1 is 1.29 bits per heavy atom. The summed E-state index contributed by atoms with van der Waals surface area (Å²) in [6.07, 6.45) is 4.44. The summed E-state index contributed by atoms with van der Waals surface area (Å²) in [6, 6.07) is 6.54. The second-order valence-electron chi connectivity index (χ2n) is 10.0. The van der Waals surface area contributed by atoms with E-state index >= 15 is 0 Å². The van der Waals surface area contributed by atoms with E-state index in [4.69, 9.17) is 0 Å². The number of likely N-dealkylation sites (tertiary alicyclic amines) is 1. The SMILES string of the molecule is C=CCN1C[C@H](C(=O)N(CCCN(C)C)C(=O)NCC)C[C@@H]2c3cccc4[nH]c(C)c(c34)C[C@H]21. The number of carbonyl (C=O) groups excluding carboxylic acids is 2. The molecule has 1 aromatic heterocycles. The third kappa shape index (κ3) is 4.64. The molecule has 0 saturated carbocycles. The maximum Gasteiger partial charge on any atom is 0.324 e. The van der Waals surface area contributed by atoms with Gasteiger partial charge in [-0.1, -0.05) is 18.2 Å². The van der Waals surface area contributed by atoms with Crippen LogP contribution in [0.15, 0.2) is 30.9 Å². The Balaban J connectivity index is 1.64. The van der Waals surface area contributed by atoms with E-state index in [2.05, 4.69) is 51.8 Å². The minimum atomic E-state index is -0.280. The van der Waals surface area contributed by atoms with E-state index in [0.29, 0.717) is 25.7 Å². The van der Waals surface area contributed by atoms with Gasteiger partial charge in [-0.15, -0.1) is 6.58 Å². The van der Waals surface area contributed by atoms with Gasteiger partial charge in [-0.2, -0.15) is 0 Å². The highest BCUT2D eigenvalue weighted by Gasteiger charge is 2.44. The molecule has 0 spiro atoms. The molecule has 7 nitrogen and oxygen atoms in total. The number of fused-ring (bicyclic) bond motifs is 2. The van der Waals surface area contributed by atoms with Gasteiger partial charge < -0.3 is 15.2 Å². The Hall–Kier alpha value is -2.64. The Bertz CT molecular complexity index is 1060. The number of urea groups is 1. The highest BCUT2D eigenvalue weighted by Crippen LogP contribution is 2.46. The topological polar surface area (TPSA) is 71.7 Å². The van der Waals surface area contributed by atoms with E-state index in [0.717, 1.165) is 32.4 Å². The lowest BCUT2D eigenvalue weighted by Crippen LogP contribution is -2.55. The van der Waals surface area contributed by atoms with E-state index in [1.165, 1.54) is 32.6 Å². The Morgan fingerprint density at radius 2 is 2.09 bits per heavy atom. The van der Waals surface area contributed by atoms with Gasteiger partial charge in [0.1, 0.15) is 0 Å². The van der Waals surface area contributed by atoms with Crippen molar-refractivity contribution >= 4 is 22.8 Å². The molecule has 0 bridgehead atoms. The van der Waals surface area contributed by atoms with E-state index < -0.39 is 0 Å². The predicted molar refractivity (Wildman–Crippen MR) is 137 cm³/mol. The maximum atomic E-state index is 13.8. The number of aromatic nitrogens is 1. The Labute approximate surface area is 203 Å². The van der Waals surface area contributed by atoms with Gasteiger partial charge in [0.15, 0.2) is 0 Å². The van der Waals surface area contributed by atoms with Crippen LogP contribution in [0.2, 0.25) is 0 Å². The minimum absolute atomic E-state index is 0.0551. The zero-order chi connectivity index (χ0) is 24.4. The summed E-state index contributed by atoms with van der Waals surface area (Å²) in [7, 11) is 4.01. The summed E-state index contributed by atoms with van der Waals surface area (Å²) in [5.74, 6) is -0.0210. The van der Waals surface area contributed by atoms with Crippen LogP contribution in [0.5, 0.6) is 0 Å². The van der Waals surface area contributed by atoms with Crippen molar-refractivity contribution in [3.63, 3.8) is 0 Å². The third-order valence-corrected chi connectivity index (χ3v) is 7.45. The van der Waals surface area contributed by atoms with E-state index in [9.17, 15) is 9.59 Å². The first-order valence-corrected chi connectivity index (χ1v) is 12.5. The molecule has 1 saturated heterocycles. The predicted octanol–water partition coefficient (Wildman–Crippen LogP) is 3.50. The summed E-state index contributed by atoms with van der Waals surface area (Å²) in [6.45, 7) is 11.2. The molecule has 2 N–H and O–H groups in total. The summed E-state index contributed by atoms with van der Waals surface area (Å²) in [5.41, 5.74) is 5.15. The molecule has 7 heteroatoms. The van der Waals surface area contributed by atoms with E-state index in [-0.39, 0.29) is 23.8 Å². The zero-order valence-corrected chi connectivity index (χ0v) is 21.1. The monoisotopic (exact) mass is 465 g/mol. The molecule has 1 aliphatic carbocycles. The number of aromatic amines is 1. The van der Waals surface area contributed by atoms with Crippen molar-refractivity contribution in [1.82, 2.24) is 25.0 Å². The smallest absolute Gasteiger partial charge is 0.324 e. The number of nitrogens with one attached hydrogen (secondary N) is 2. The normalized spacial score (nSPS) is 22.0. The Morgan fingerprint density at radius 3 is 2.79 bits per heavy atom. The number of nitrogens with zero attached hydrogens (tertiary/aromatic N) is 3. The van der Waals surface area contributed by atoms with Crippen LogP contribution in [0.25, 0.3) is 10.9 Å². The highest BCUT2D eigenvalue weighted by molar-refractivity contribution is 5.96. The number of hydrogen-bond acceptors (Lipinski definition) is 4. The molecule has 4 rings (SSSR count). The third-order valence-electron chi connectivity index (χ3n) is 7.45. The Kier molecular flexibility index (Phi) is 7.43. The first-order valence-electron chi connectivity index (χ1n) is 12.5. The molecule has 2 aliphatic rings. The van der Waals surface area contributed by atoms with Crippen LogP contribution in [-0.4, -0.2) is 84.5 Å². The molecule has 2 heterocycles. The number of rotatable bonds is 8. The highest BCUT2D eigenvalue weighted by atomic mass is 16.2. The quantitative estimate of drug-likeness (QED) is 0.586. The van der Waals surface area contributed by atoms with Gasteiger partial charge in [0, 0.05) is 54.7 Å². The van der Waals surface area contributed by atoms with Gasteiger partial charge in [-0.25, -0.2) is 4.79 Å². The lowest BCUT2D eigenvalue weighted by molar-refractivity contribution is -0.135. The summed E-state index contributed by atoms with van der Waals surface area (Å²) in [4.78, 5) is 36.2. The molecule has 184 valence electrons. The maximum absolute atomic E-state index is 13.8. The second kappa shape index (κ2) is 10.3. The fraction of sp³-hybridized carbons (Fsp3) is 0.556. The van der Waals surface area contributed by atoms with E-state index in [1.807, 2.05) is 27.1 Å². The van der Waals surface area contributed by atoms with Crippen LogP contribution in [0, 0.1) is 12.8 Å². The number of piperidine rings is 1. The van der Waals surface area contributed by atoms with Crippen molar-refractivity contribution in [2.45, 2.75) is 45.1 Å². The largest absolute Gasteiger partial charge is 0.358 e. The number of hydrogen-bond donors (Lipinski definition) is 2. The van der Waals surface area contributed by atoms with Crippen LogP contribution >= 0.6 is 0 Å².